The van der Waals surface area contributed by atoms with Crippen LogP contribution in [-0.4, -0.2) is 23.9 Å². The summed E-state index contributed by atoms with van der Waals surface area (Å²) in [5, 5.41) is 1.94. The van der Waals surface area contributed by atoms with Gasteiger partial charge in [-0.05, 0) is 12.0 Å². The van der Waals surface area contributed by atoms with Crippen LogP contribution >= 0.6 is 0 Å². The van der Waals surface area contributed by atoms with E-state index in [0.717, 1.165) is 12.8 Å². The highest BCUT2D eigenvalue weighted by Gasteiger charge is 2.27. The van der Waals surface area contributed by atoms with Gasteiger partial charge in [0.2, 0.25) is 0 Å². The molecule has 3 nitrogen and oxygen atoms in total. The molecule has 1 N–H and O–H groups in total. The third kappa shape index (κ3) is 1.16. The second kappa shape index (κ2) is 2.34. The standard InChI is InChI=1S/C8H12N2O/c1-10-5-6-4-7(11)2-3-8(6)9-10/h5,8-9H,2-4H2,1H3. The molecule has 0 aromatic rings. The fourth-order valence-corrected chi connectivity index (χ4v) is 1.74. The Hall–Kier alpha value is -0.830. The van der Waals surface area contributed by atoms with Crippen molar-refractivity contribution in [3.8, 4) is 0 Å². The molecule has 0 aromatic heterocycles. The van der Waals surface area contributed by atoms with Gasteiger partial charge in [-0.15, -0.1) is 0 Å². The number of ketones is 1. The van der Waals surface area contributed by atoms with E-state index in [0.29, 0.717) is 18.2 Å². The Labute approximate surface area is 66.0 Å². The van der Waals surface area contributed by atoms with Crippen LogP contribution in [0.4, 0.5) is 0 Å². The van der Waals surface area contributed by atoms with E-state index >= 15 is 0 Å². The Balaban J connectivity index is 2.15. The Bertz CT molecular complexity index is 222. The van der Waals surface area contributed by atoms with Crippen molar-refractivity contribution in [3.63, 3.8) is 0 Å². The average molecular weight is 152 g/mol. The van der Waals surface area contributed by atoms with Crippen LogP contribution in [0.5, 0.6) is 0 Å². The molecule has 0 amide bonds. The lowest BCUT2D eigenvalue weighted by atomic mass is 9.91. The molecule has 2 rings (SSSR count). The maximum Gasteiger partial charge on any atom is 0.137 e. The molecule has 11 heavy (non-hydrogen) atoms. The molecule has 1 aliphatic carbocycles. The molecule has 0 aromatic carbocycles. The number of carbonyl (C=O) groups excluding carboxylic acids is 1. The van der Waals surface area contributed by atoms with Gasteiger partial charge in [-0.1, -0.05) is 0 Å². The zero-order valence-electron chi connectivity index (χ0n) is 6.63. The average Bonchev–Trinajstić information content (AvgIpc) is 2.27. The van der Waals surface area contributed by atoms with Crippen molar-refractivity contribution in [1.29, 1.82) is 0 Å². The van der Waals surface area contributed by atoms with E-state index < -0.39 is 0 Å². The molecule has 60 valence electrons. The molecule has 3 heteroatoms. The Morgan fingerprint density at radius 1 is 1.73 bits per heavy atom. The van der Waals surface area contributed by atoms with E-state index in [1.54, 1.807) is 0 Å². The van der Waals surface area contributed by atoms with E-state index in [9.17, 15) is 4.79 Å². The molecule has 1 unspecified atom stereocenters. The van der Waals surface area contributed by atoms with Gasteiger partial charge >= 0.3 is 0 Å². The van der Waals surface area contributed by atoms with Crippen LogP contribution in [0.1, 0.15) is 19.3 Å². The van der Waals surface area contributed by atoms with Crippen LogP contribution in [-0.2, 0) is 4.79 Å². The van der Waals surface area contributed by atoms with E-state index in [1.165, 1.54) is 5.57 Å². The lowest BCUT2D eigenvalue weighted by molar-refractivity contribution is -0.119. The molecule has 1 fully saturated rings. The summed E-state index contributed by atoms with van der Waals surface area (Å²) < 4.78 is 0. The Kier molecular flexibility index (Phi) is 1.46. The maximum atomic E-state index is 11.0. The molecule has 1 atom stereocenters. The molecule has 1 saturated carbocycles. The lowest BCUT2D eigenvalue weighted by Crippen LogP contribution is -2.35. The van der Waals surface area contributed by atoms with Gasteiger partial charge in [0.05, 0.1) is 0 Å². The number of carbonyl (C=O) groups is 1. The number of hydrogen-bond donors (Lipinski definition) is 1. The Morgan fingerprint density at radius 3 is 3.36 bits per heavy atom. The number of fused-ring (bicyclic) bond motifs is 1. The second-order valence-corrected chi connectivity index (χ2v) is 3.25. The summed E-state index contributed by atoms with van der Waals surface area (Å²) in [7, 11) is 1.97. The van der Waals surface area contributed by atoms with Gasteiger partial charge in [-0.25, -0.2) is 5.43 Å². The third-order valence-electron chi connectivity index (χ3n) is 2.28. The van der Waals surface area contributed by atoms with Gasteiger partial charge < -0.3 is 5.01 Å². The zero-order chi connectivity index (χ0) is 7.84. The first kappa shape index (κ1) is 6.85. The molecule has 0 spiro atoms. The first-order chi connectivity index (χ1) is 5.25. The molecule has 0 saturated heterocycles. The highest BCUT2D eigenvalue weighted by atomic mass is 16.1. The molecular formula is C8H12N2O. The summed E-state index contributed by atoms with van der Waals surface area (Å²) in [5.41, 5.74) is 4.52. The van der Waals surface area contributed by atoms with Crippen molar-refractivity contribution >= 4 is 5.78 Å². The number of nitrogens with one attached hydrogen (secondary N) is 1. The molecule has 1 heterocycles. The highest BCUT2D eigenvalue weighted by molar-refractivity contribution is 5.82. The minimum absolute atomic E-state index is 0.379. The smallest absolute Gasteiger partial charge is 0.137 e. The fraction of sp³-hybridized carbons (Fsp3) is 0.625. The molecule has 2 aliphatic rings. The lowest BCUT2D eigenvalue weighted by Gasteiger charge is -2.20. The summed E-state index contributed by atoms with van der Waals surface area (Å²) in [5.74, 6) is 0.379. The van der Waals surface area contributed by atoms with Gasteiger partial charge in [0, 0.05) is 32.1 Å². The predicted molar refractivity (Wildman–Crippen MR) is 41.6 cm³/mol. The largest absolute Gasteiger partial charge is 0.318 e. The summed E-state index contributed by atoms with van der Waals surface area (Å²) in [6.45, 7) is 0. The van der Waals surface area contributed by atoms with Crippen molar-refractivity contribution in [3.05, 3.63) is 11.8 Å². The van der Waals surface area contributed by atoms with Gasteiger partial charge in [-0.2, -0.15) is 0 Å². The molecular weight excluding hydrogens is 140 g/mol. The van der Waals surface area contributed by atoms with Crippen LogP contribution in [0, 0.1) is 0 Å². The monoisotopic (exact) mass is 152 g/mol. The topological polar surface area (TPSA) is 32.3 Å². The molecule has 1 aliphatic heterocycles. The zero-order valence-corrected chi connectivity index (χ0v) is 6.63. The quantitative estimate of drug-likeness (QED) is 0.546. The normalized spacial score (nSPS) is 30.3. The Morgan fingerprint density at radius 2 is 2.55 bits per heavy atom. The van der Waals surface area contributed by atoms with Crippen LogP contribution in [0.25, 0.3) is 0 Å². The van der Waals surface area contributed by atoms with Crippen LogP contribution in [0.2, 0.25) is 0 Å². The first-order valence-electron chi connectivity index (χ1n) is 3.97. The number of nitrogens with zero attached hydrogens (tertiary/aromatic N) is 1. The van der Waals surface area contributed by atoms with Crippen LogP contribution in [0.3, 0.4) is 0 Å². The van der Waals surface area contributed by atoms with E-state index in [1.807, 2.05) is 18.3 Å². The van der Waals surface area contributed by atoms with E-state index in [4.69, 9.17) is 0 Å². The van der Waals surface area contributed by atoms with Crippen molar-refractivity contribution in [2.24, 2.45) is 0 Å². The fourth-order valence-electron chi connectivity index (χ4n) is 1.74. The van der Waals surface area contributed by atoms with Gasteiger partial charge in [0.1, 0.15) is 5.78 Å². The van der Waals surface area contributed by atoms with Crippen LogP contribution < -0.4 is 5.43 Å². The van der Waals surface area contributed by atoms with Crippen molar-refractivity contribution < 1.29 is 4.79 Å². The number of hydrogen-bond acceptors (Lipinski definition) is 3. The van der Waals surface area contributed by atoms with Gasteiger partial charge in [0.25, 0.3) is 0 Å². The summed E-state index contributed by atoms with van der Waals surface area (Å²) in [4.78, 5) is 11.0. The number of hydrazine groups is 1. The van der Waals surface area contributed by atoms with Gasteiger partial charge in [-0.3, -0.25) is 4.79 Å². The summed E-state index contributed by atoms with van der Waals surface area (Å²) >= 11 is 0. The minimum atomic E-state index is 0.379. The second-order valence-electron chi connectivity index (χ2n) is 3.25. The van der Waals surface area contributed by atoms with Crippen molar-refractivity contribution in [1.82, 2.24) is 10.4 Å². The molecule has 0 radical (unpaired) electrons. The predicted octanol–water partition coefficient (Wildman–Crippen LogP) is 0.442. The van der Waals surface area contributed by atoms with Crippen molar-refractivity contribution in [2.75, 3.05) is 7.05 Å². The first-order valence-corrected chi connectivity index (χ1v) is 3.97. The van der Waals surface area contributed by atoms with Gasteiger partial charge in [0.15, 0.2) is 0 Å². The third-order valence-corrected chi connectivity index (χ3v) is 2.28. The minimum Gasteiger partial charge on any atom is -0.318 e. The summed E-state index contributed by atoms with van der Waals surface area (Å²) in [6, 6.07) is 0.442. The number of rotatable bonds is 0. The SMILES string of the molecule is CN1C=C2CC(=O)CCC2N1. The van der Waals surface area contributed by atoms with Crippen molar-refractivity contribution in [2.45, 2.75) is 25.3 Å². The number of Topliss-reactive ketones (excluding diaryl/α,β-unsaturated/α-hetero) is 1. The van der Waals surface area contributed by atoms with E-state index in [-0.39, 0.29) is 0 Å². The highest BCUT2D eigenvalue weighted by Crippen LogP contribution is 2.24. The van der Waals surface area contributed by atoms with Crippen LogP contribution in [0.15, 0.2) is 11.8 Å². The summed E-state index contributed by atoms with van der Waals surface area (Å²) in [6.07, 6.45) is 4.39. The maximum absolute atomic E-state index is 11.0. The van der Waals surface area contributed by atoms with E-state index in [2.05, 4.69) is 5.43 Å². The molecule has 0 bridgehead atoms.